The summed E-state index contributed by atoms with van der Waals surface area (Å²) in [5.74, 6) is -0.336. The van der Waals surface area contributed by atoms with Gasteiger partial charge in [0.25, 0.3) is 5.91 Å². The normalized spacial score (nSPS) is 10.9. The smallest absolute Gasteiger partial charge is 0.344 e. The molecule has 0 aromatic heterocycles. The van der Waals surface area contributed by atoms with Crippen LogP contribution in [0, 0.1) is 0 Å². The van der Waals surface area contributed by atoms with Crippen molar-refractivity contribution in [2.45, 2.75) is 20.0 Å². The number of phenolic OH excluding ortho intramolecular Hbond substituents is 1. The first kappa shape index (κ1) is 21.9. The van der Waals surface area contributed by atoms with Crippen LogP contribution in [0.25, 0.3) is 0 Å². The van der Waals surface area contributed by atoms with Gasteiger partial charge in [-0.25, -0.2) is 10.2 Å². The Morgan fingerprint density at radius 3 is 2.36 bits per heavy atom. The van der Waals surface area contributed by atoms with Crippen molar-refractivity contribution in [3.8, 4) is 11.5 Å². The van der Waals surface area contributed by atoms with E-state index in [0.717, 1.165) is 5.56 Å². The number of esters is 1. The molecule has 148 valence electrons. The molecule has 2 N–H and O–H groups in total. The summed E-state index contributed by atoms with van der Waals surface area (Å²) in [6, 6.07) is 9.79. The first-order valence-corrected chi connectivity index (χ1v) is 9.78. The summed E-state index contributed by atoms with van der Waals surface area (Å²) in [4.78, 5) is 23.6. The minimum atomic E-state index is -0.434. The maximum Gasteiger partial charge on any atom is 0.344 e. The summed E-state index contributed by atoms with van der Waals surface area (Å²) >= 11 is 6.34. The quantitative estimate of drug-likeness (QED) is 0.331. The maximum atomic E-state index is 12.1. The van der Waals surface area contributed by atoms with Gasteiger partial charge in [0.2, 0.25) is 0 Å². The van der Waals surface area contributed by atoms with Gasteiger partial charge in [-0.3, -0.25) is 4.79 Å². The zero-order chi connectivity index (χ0) is 20.7. The maximum absolute atomic E-state index is 12.1. The molecule has 2 aromatic carbocycles. The minimum absolute atomic E-state index is 0.0137. The predicted molar refractivity (Wildman–Crippen MR) is 112 cm³/mol. The molecule has 0 saturated heterocycles. The molecule has 0 aliphatic carbocycles. The second-order valence-electron chi connectivity index (χ2n) is 5.88. The van der Waals surface area contributed by atoms with Gasteiger partial charge in [0.1, 0.15) is 11.5 Å². The van der Waals surface area contributed by atoms with Crippen LogP contribution in [0.2, 0.25) is 0 Å². The van der Waals surface area contributed by atoms with Gasteiger partial charge in [0.05, 0.1) is 21.3 Å². The van der Waals surface area contributed by atoms with Gasteiger partial charge < -0.3 is 14.6 Å². The lowest BCUT2D eigenvalue weighted by Crippen LogP contribution is -2.18. The van der Waals surface area contributed by atoms with Crippen LogP contribution in [0.3, 0.4) is 0 Å². The summed E-state index contributed by atoms with van der Waals surface area (Å²) < 4.78 is 11.1. The fraction of sp³-hybridized carbons (Fsp3) is 0.211. The third kappa shape index (κ3) is 6.65. The molecule has 0 spiro atoms. The number of carbonyl (C=O) groups is 2. The van der Waals surface area contributed by atoms with Crippen molar-refractivity contribution in [1.29, 1.82) is 0 Å². The summed E-state index contributed by atoms with van der Waals surface area (Å²) in [7, 11) is 0. The summed E-state index contributed by atoms with van der Waals surface area (Å²) in [6.07, 6.45) is 1.29. The third-order valence-corrected chi connectivity index (χ3v) is 4.47. The Labute approximate surface area is 179 Å². The Bertz CT molecular complexity index is 859. The van der Waals surface area contributed by atoms with Crippen molar-refractivity contribution in [2.75, 3.05) is 6.61 Å². The van der Waals surface area contributed by atoms with Gasteiger partial charge in [-0.15, -0.1) is 0 Å². The van der Waals surface area contributed by atoms with Crippen LogP contribution in [-0.2, 0) is 9.53 Å². The number of nitrogens with one attached hydrogen (secondary N) is 1. The molecule has 2 rings (SSSR count). The Balaban J connectivity index is 1.89. The largest absolute Gasteiger partial charge is 0.506 e. The highest BCUT2D eigenvalue weighted by molar-refractivity contribution is 9.11. The molecular weight excluding hydrogens is 496 g/mol. The molecule has 0 aliphatic heterocycles. The number of nitrogens with zero attached hydrogens (tertiary/aromatic N) is 1. The topological polar surface area (TPSA) is 97.2 Å². The molecule has 0 aliphatic rings. The number of hydrogen-bond acceptors (Lipinski definition) is 6. The van der Waals surface area contributed by atoms with E-state index in [4.69, 9.17) is 9.47 Å². The van der Waals surface area contributed by atoms with Gasteiger partial charge in [0, 0.05) is 5.56 Å². The van der Waals surface area contributed by atoms with Gasteiger partial charge in [-0.1, -0.05) is 0 Å². The van der Waals surface area contributed by atoms with Crippen LogP contribution >= 0.6 is 31.9 Å². The molecule has 0 unspecified atom stereocenters. The lowest BCUT2D eigenvalue weighted by molar-refractivity contribution is -0.149. The van der Waals surface area contributed by atoms with E-state index in [9.17, 15) is 14.7 Å². The fourth-order valence-corrected chi connectivity index (χ4v) is 3.20. The lowest BCUT2D eigenvalue weighted by Gasteiger charge is -2.09. The van der Waals surface area contributed by atoms with E-state index >= 15 is 0 Å². The summed E-state index contributed by atoms with van der Waals surface area (Å²) in [6.45, 7) is 3.37. The van der Waals surface area contributed by atoms with Crippen molar-refractivity contribution >= 4 is 50.0 Å². The van der Waals surface area contributed by atoms with Crippen LogP contribution in [0.1, 0.15) is 29.8 Å². The van der Waals surface area contributed by atoms with E-state index in [-0.39, 0.29) is 18.5 Å². The summed E-state index contributed by atoms with van der Waals surface area (Å²) in [5.41, 5.74) is 3.46. The van der Waals surface area contributed by atoms with Crippen LogP contribution in [0.4, 0.5) is 0 Å². The van der Waals surface area contributed by atoms with Gasteiger partial charge in [0.15, 0.2) is 6.61 Å². The zero-order valence-corrected chi connectivity index (χ0v) is 18.3. The Morgan fingerprint density at radius 2 is 1.79 bits per heavy atom. The number of aromatic hydroxyl groups is 1. The number of hydrogen-bond donors (Lipinski definition) is 2. The first-order valence-electron chi connectivity index (χ1n) is 8.20. The minimum Gasteiger partial charge on any atom is -0.506 e. The van der Waals surface area contributed by atoms with E-state index in [1.54, 1.807) is 38.1 Å². The highest BCUT2D eigenvalue weighted by Gasteiger charge is 2.11. The van der Waals surface area contributed by atoms with Crippen LogP contribution < -0.4 is 10.2 Å². The third-order valence-electron chi connectivity index (χ3n) is 3.26. The molecule has 0 bridgehead atoms. The molecule has 28 heavy (non-hydrogen) atoms. The van der Waals surface area contributed by atoms with Crippen molar-refractivity contribution in [3.63, 3.8) is 0 Å². The van der Waals surface area contributed by atoms with Crippen molar-refractivity contribution < 1.29 is 24.2 Å². The number of ether oxygens (including phenoxy) is 2. The van der Waals surface area contributed by atoms with Gasteiger partial charge >= 0.3 is 5.97 Å². The highest BCUT2D eigenvalue weighted by atomic mass is 79.9. The molecule has 0 atom stereocenters. The fourth-order valence-electron chi connectivity index (χ4n) is 2.02. The second kappa shape index (κ2) is 10.2. The number of phenols is 1. The Morgan fingerprint density at radius 1 is 1.18 bits per heavy atom. The van der Waals surface area contributed by atoms with Crippen LogP contribution in [0.15, 0.2) is 50.4 Å². The predicted octanol–water partition coefficient (Wildman–Crippen LogP) is 4.01. The van der Waals surface area contributed by atoms with E-state index in [1.807, 2.05) is 0 Å². The van der Waals surface area contributed by atoms with Crippen LogP contribution in [0.5, 0.6) is 11.5 Å². The molecule has 9 heteroatoms. The van der Waals surface area contributed by atoms with Crippen molar-refractivity contribution in [1.82, 2.24) is 5.43 Å². The highest BCUT2D eigenvalue weighted by Crippen LogP contribution is 2.33. The number of benzene rings is 2. The number of hydrazone groups is 1. The average molecular weight is 514 g/mol. The Hall–Kier alpha value is -2.39. The van der Waals surface area contributed by atoms with Gasteiger partial charge in [-0.2, -0.15) is 5.10 Å². The van der Waals surface area contributed by atoms with E-state index in [1.165, 1.54) is 18.3 Å². The lowest BCUT2D eigenvalue weighted by atomic mass is 10.2. The molecule has 0 fully saturated rings. The van der Waals surface area contributed by atoms with Crippen LogP contribution in [-0.4, -0.2) is 35.9 Å². The molecule has 0 heterocycles. The van der Waals surface area contributed by atoms with E-state index in [2.05, 4.69) is 42.4 Å². The average Bonchev–Trinajstić information content (AvgIpc) is 2.64. The monoisotopic (exact) mass is 512 g/mol. The standard InChI is InChI=1S/C19H18Br2N2O5/c1-11(2)28-17(24)10-27-14-5-3-12(4-6-14)9-22-23-19(26)13-7-15(20)18(25)16(21)8-13/h3-9,11,25H,10H2,1-2H3,(H,23,26)/b22-9-. The summed E-state index contributed by atoms with van der Waals surface area (Å²) in [5, 5.41) is 13.6. The second-order valence-corrected chi connectivity index (χ2v) is 7.59. The number of amides is 1. The van der Waals surface area contributed by atoms with E-state index in [0.29, 0.717) is 20.3 Å². The van der Waals surface area contributed by atoms with Crippen molar-refractivity contribution in [3.05, 3.63) is 56.5 Å². The molecule has 7 nitrogen and oxygen atoms in total. The van der Waals surface area contributed by atoms with Crippen molar-refractivity contribution in [2.24, 2.45) is 5.10 Å². The number of rotatable bonds is 7. The number of carbonyl (C=O) groups excluding carboxylic acids is 2. The zero-order valence-electron chi connectivity index (χ0n) is 15.1. The first-order chi connectivity index (χ1) is 13.3. The number of halogens is 2. The molecule has 1 amide bonds. The molecule has 2 aromatic rings. The molecule has 0 saturated carbocycles. The van der Waals surface area contributed by atoms with E-state index < -0.39 is 11.9 Å². The SMILES string of the molecule is CC(C)OC(=O)COc1ccc(/C=N\NC(=O)c2cc(Br)c(O)c(Br)c2)cc1. The Kier molecular flexibility index (Phi) is 8.01. The molecule has 0 radical (unpaired) electrons. The van der Waals surface area contributed by atoms with Gasteiger partial charge in [-0.05, 0) is 87.7 Å². The molecular formula is C19H18Br2N2O5.